The van der Waals surface area contributed by atoms with Crippen LogP contribution in [0.1, 0.15) is 16.4 Å². The van der Waals surface area contributed by atoms with Crippen LogP contribution in [0.5, 0.6) is 17.2 Å². The number of hydrogen-bond donors (Lipinski definition) is 3. The van der Waals surface area contributed by atoms with Crippen LogP contribution in [0.15, 0.2) is 28.9 Å². The number of amides is 1. The van der Waals surface area contributed by atoms with Crippen LogP contribution in [-0.2, 0) is 6.61 Å². The maximum absolute atomic E-state index is 11.8. The highest BCUT2D eigenvalue weighted by atomic mass is 16.7. The number of benzene rings is 1. The highest BCUT2D eigenvalue weighted by molar-refractivity contribution is 5.91. The van der Waals surface area contributed by atoms with Crippen molar-refractivity contribution < 1.29 is 33.6 Å². The molecule has 0 saturated heterocycles. The third-order valence-electron chi connectivity index (χ3n) is 3.20. The molecule has 0 spiro atoms. The fraction of sp³-hybridized carbons (Fsp3) is 0.333. The highest BCUT2D eigenvalue weighted by Gasteiger charge is 2.16. The lowest BCUT2D eigenvalue weighted by Gasteiger charge is -2.07. The predicted octanol–water partition coefficient (Wildman–Crippen LogP) is 0.0653. The lowest BCUT2D eigenvalue weighted by atomic mass is 10.3. The summed E-state index contributed by atoms with van der Waals surface area (Å²) >= 11 is 0. The van der Waals surface area contributed by atoms with Crippen molar-refractivity contribution in [2.24, 2.45) is 0 Å². The number of ether oxygens (including phenoxy) is 3. The molecule has 9 heteroatoms. The average Bonchev–Trinajstić information content (AvgIpc) is 3.25. The molecule has 1 atom stereocenters. The molecule has 0 fully saturated rings. The second kappa shape index (κ2) is 7.20. The smallest absolute Gasteiger partial charge is 0.273 e. The number of aromatic nitrogens is 1. The summed E-state index contributed by atoms with van der Waals surface area (Å²) in [4.78, 5) is 15.8. The highest BCUT2D eigenvalue weighted by Crippen LogP contribution is 2.35. The number of nitrogens with zero attached hydrogens (tertiary/aromatic N) is 1. The summed E-state index contributed by atoms with van der Waals surface area (Å²) < 4.78 is 21.2. The van der Waals surface area contributed by atoms with E-state index in [9.17, 15) is 9.90 Å². The van der Waals surface area contributed by atoms with E-state index >= 15 is 0 Å². The molecular formula is C15H16N2O7. The number of fused-ring (bicyclic) bond motifs is 1. The Morgan fingerprint density at radius 3 is 3.04 bits per heavy atom. The largest absolute Gasteiger partial charge is 0.484 e. The Balaban J connectivity index is 1.53. The van der Waals surface area contributed by atoms with Gasteiger partial charge in [0.15, 0.2) is 23.8 Å². The Bertz CT molecular complexity index is 716. The first-order valence-corrected chi connectivity index (χ1v) is 7.19. The lowest BCUT2D eigenvalue weighted by molar-refractivity contribution is 0.0798. The second-order valence-electron chi connectivity index (χ2n) is 4.98. The van der Waals surface area contributed by atoms with Crippen molar-refractivity contribution in [1.82, 2.24) is 10.3 Å². The van der Waals surface area contributed by atoms with E-state index in [4.69, 9.17) is 23.7 Å². The van der Waals surface area contributed by atoms with Gasteiger partial charge in [0.25, 0.3) is 5.91 Å². The number of carbonyl (C=O) groups excluding carboxylic acids is 1. The molecule has 2 heterocycles. The topological polar surface area (TPSA) is 123 Å². The van der Waals surface area contributed by atoms with Crippen LogP contribution >= 0.6 is 0 Å². The van der Waals surface area contributed by atoms with Crippen molar-refractivity contribution in [1.29, 1.82) is 0 Å². The Hall–Kier alpha value is -2.78. The molecule has 1 aliphatic rings. The first-order valence-electron chi connectivity index (χ1n) is 7.19. The van der Waals surface area contributed by atoms with Gasteiger partial charge in [0, 0.05) is 12.6 Å². The zero-order valence-electron chi connectivity index (χ0n) is 12.6. The first-order chi connectivity index (χ1) is 11.7. The molecule has 3 rings (SSSR count). The van der Waals surface area contributed by atoms with Gasteiger partial charge in [-0.1, -0.05) is 0 Å². The van der Waals surface area contributed by atoms with Gasteiger partial charge in [0.2, 0.25) is 12.7 Å². The number of oxazole rings is 1. The summed E-state index contributed by atoms with van der Waals surface area (Å²) in [5.74, 6) is 1.51. The van der Waals surface area contributed by atoms with Gasteiger partial charge in [-0.2, -0.15) is 0 Å². The third-order valence-corrected chi connectivity index (χ3v) is 3.20. The molecule has 1 aromatic carbocycles. The molecule has 2 aromatic rings. The minimum absolute atomic E-state index is 0.0339. The number of rotatable bonds is 7. The van der Waals surface area contributed by atoms with Crippen molar-refractivity contribution in [2.75, 3.05) is 19.9 Å². The van der Waals surface area contributed by atoms with Gasteiger partial charge >= 0.3 is 0 Å². The summed E-state index contributed by atoms with van der Waals surface area (Å²) in [6.45, 7) is -0.299. The van der Waals surface area contributed by atoms with Gasteiger partial charge in [0.05, 0.1) is 12.7 Å². The molecule has 0 bridgehead atoms. The minimum atomic E-state index is -1.02. The van der Waals surface area contributed by atoms with Gasteiger partial charge in [0.1, 0.15) is 12.0 Å². The molecular weight excluding hydrogens is 320 g/mol. The summed E-state index contributed by atoms with van der Waals surface area (Å²) in [5, 5.41) is 20.3. The summed E-state index contributed by atoms with van der Waals surface area (Å²) in [6, 6.07) is 5.15. The van der Waals surface area contributed by atoms with Crippen LogP contribution in [-0.4, -0.2) is 47.2 Å². The van der Waals surface area contributed by atoms with Gasteiger partial charge < -0.3 is 34.2 Å². The SMILES string of the molecule is O=C(NC[C@H](O)CO)c1coc(COc2ccc3c(c2)OCO3)n1. The van der Waals surface area contributed by atoms with Gasteiger partial charge in [-0.15, -0.1) is 0 Å². The number of hydrogen-bond acceptors (Lipinski definition) is 8. The number of aliphatic hydroxyl groups is 2. The second-order valence-corrected chi connectivity index (χ2v) is 4.98. The van der Waals surface area contributed by atoms with E-state index in [1.807, 2.05) is 0 Å². The third kappa shape index (κ3) is 3.76. The Kier molecular flexibility index (Phi) is 4.82. The van der Waals surface area contributed by atoms with Crippen molar-refractivity contribution >= 4 is 5.91 Å². The van der Waals surface area contributed by atoms with E-state index in [1.54, 1.807) is 18.2 Å². The van der Waals surface area contributed by atoms with E-state index in [0.717, 1.165) is 0 Å². The quantitative estimate of drug-likeness (QED) is 0.649. The lowest BCUT2D eigenvalue weighted by Crippen LogP contribution is -2.34. The van der Waals surface area contributed by atoms with E-state index in [0.29, 0.717) is 17.2 Å². The molecule has 0 unspecified atom stereocenters. The van der Waals surface area contributed by atoms with Crippen LogP contribution in [0.2, 0.25) is 0 Å². The van der Waals surface area contributed by atoms with Gasteiger partial charge in [-0.05, 0) is 12.1 Å². The zero-order chi connectivity index (χ0) is 16.9. The average molecular weight is 336 g/mol. The zero-order valence-corrected chi connectivity index (χ0v) is 12.6. The molecule has 24 heavy (non-hydrogen) atoms. The number of carbonyl (C=O) groups is 1. The molecule has 0 saturated carbocycles. The molecule has 0 aliphatic carbocycles. The summed E-state index contributed by atoms with van der Waals surface area (Å²) in [7, 11) is 0. The molecule has 1 amide bonds. The molecule has 1 aliphatic heterocycles. The van der Waals surface area contributed by atoms with Crippen molar-refractivity contribution in [2.45, 2.75) is 12.7 Å². The Labute approximate surface area is 136 Å². The van der Waals surface area contributed by atoms with Crippen molar-refractivity contribution in [3.05, 3.63) is 36.0 Å². The molecule has 3 N–H and O–H groups in total. The van der Waals surface area contributed by atoms with E-state index in [-0.39, 0.29) is 31.5 Å². The molecule has 0 radical (unpaired) electrons. The summed E-state index contributed by atoms with van der Waals surface area (Å²) in [6.07, 6.45) is 0.175. The molecule has 128 valence electrons. The van der Waals surface area contributed by atoms with E-state index < -0.39 is 18.6 Å². The monoisotopic (exact) mass is 336 g/mol. The standard InChI is InChI=1S/C15H16N2O7/c18-5-9(19)4-16-15(20)11-6-22-14(17-11)7-21-10-1-2-12-13(3-10)24-8-23-12/h1-3,6,9,18-19H,4-5,7-8H2,(H,16,20)/t9-/m0/s1. The van der Waals surface area contributed by atoms with Crippen LogP contribution in [0.25, 0.3) is 0 Å². The number of aliphatic hydroxyl groups excluding tert-OH is 2. The van der Waals surface area contributed by atoms with E-state index in [1.165, 1.54) is 6.26 Å². The Morgan fingerprint density at radius 2 is 2.21 bits per heavy atom. The normalized spacial score (nSPS) is 13.6. The first kappa shape index (κ1) is 16.1. The Morgan fingerprint density at radius 1 is 1.38 bits per heavy atom. The van der Waals surface area contributed by atoms with Crippen molar-refractivity contribution in [3.63, 3.8) is 0 Å². The van der Waals surface area contributed by atoms with Crippen molar-refractivity contribution in [3.8, 4) is 17.2 Å². The predicted molar refractivity (Wildman–Crippen MR) is 78.8 cm³/mol. The maximum atomic E-state index is 11.8. The van der Waals surface area contributed by atoms with Gasteiger partial charge in [-0.25, -0.2) is 4.98 Å². The van der Waals surface area contributed by atoms with Crippen LogP contribution in [0, 0.1) is 0 Å². The molecule has 1 aromatic heterocycles. The summed E-state index contributed by atoms with van der Waals surface area (Å²) in [5.41, 5.74) is 0.0597. The van der Waals surface area contributed by atoms with E-state index in [2.05, 4.69) is 10.3 Å². The van der Waals surface area contributed by atoms with Crippen LogP contribution < -0.4 is 19.5 Å². The minimum Gasteiger partial charge on any atom is -0.484 e. The fourth-order valence-electron chi connectivity index (χ4n) is 1.96. The van der Waals surface area contributed by atoms with Crippen LogP contribution in [0.3, 0.4) is 0 Å². The molecule has 9 nitrogen and oxygen atoms in total. The van der Waals surface area contributed by atoms with Crippen LogP contribution in [0.4, 0.5) is 0 Å². The van der Waals surface area contributed by atoms with Gasteiger partial charge in [-0.3, -0.25) is 4.79 Å². The maximum Gasteiger partial charge on any atom is 0.273 e. The fourth-order valence-corrected chi connectivity index (χ4v) is 1.96. The number of nitrogens with one attached hydrogen (secondary N) is 1.